The molecule has 2 aliphatic heterocycles. The number of ether oxygens (including phenoxy) is 1. The number of carbonyl (C=O) groups is 2. The second kappa shape index (κ2) is 4.13. The number of piperidine rings is 1. The third kappa shape index (κ3) is 1.63. The number of halogens is 1. The summed E-state index contributed by atoms with van der Waals surface area (Å²) in [6.45, 7) is -0.833. The average Bonchev–Trinajstić information content (AvgIpc) is 2.47. The lowest BCUT2D eigenvalue weighted by atomic mass is 9.99. The molecular formula is C11H17FNO3+. The Balaban J connectivity index is 2.12. The number of ketones is 1. The molecule has 0 spiro atoms. The molecule has 90 valence electrons. The Morgan fingerprint density at radius 2 is 2.00 bits per heavy atom. The van der Waals surface area contributed by atoms with Crippen molar-refractivity contribution in [2.24, 2.45) is 0 Å². The van der Waals surface area contributed by atoms with Gasteiger partial charge in [0.1, 0.15) is 31.1 Å². The van der Waals surface area contributed by atoms with Gasteiger partial charge in [-0.15, -0.1) is 0 Å². The molecule has 2 aliphatic rings. The number of nitrogens with zero attached hydrogens (tertiary/aromatic N) is 1. The van der Waals surface area contributed by atoms with E-state index >= 15 is 0 Å². The molecular weight excluding hydrogens is 213 g/mol. The molecule has 1 amide bonds. The van der Waals surface area contributed by atoms with Crippen LogP contribution < -0.4 is 0 Å². The number of alkyl halides is 1. The molecule has 4 nitrogen and oxygen atoms in total. The number of hydrogen-bond acceptors (Lipinski definition) is 3. The van der Waals surface area contributed by atoms with E-state index < -0.39 is 6.67 Å². The van der Waals surface area contributed by atoms with Gasteiger partial charge in [0.2, 0.25) is 0 Å². The van der Waals surface area contributed by atoms with E-state index in [0.29, 0.717) is 12.8 Å². The standard InChI is InChI=1S/C11H17FNO3/c1-13(11(15)16-5-4-12)8-2-3-9(13)7-10(14)6-8/h8-9H,2-7H2,1H3/q+1. The van der Waals surface area contributed by atoms with E-state index in [-0.39, 0.29) is 35.1 Å². The Bertz CT molecular complexity index is 302. The number of Topliss-reactive ketones (excluding diaryl/α,β-unsaturated/α-hetero) is 1. The van der Waals surface area contributed by atoms with Crippen LogP contribution >= 0.6 is 0 Å². The van der Waals surface area contributed by atoms with Gasteiger partial charge >= 0.3 is 6.09 Å². The van der Waals surface area contributed by atoms with Gasteiger partial charge in [0.25, 0.3) is 0 Å². The maximum absolute atomic E-state index is 12.0. The quantitative estimate of drug-likeness (QED) is 0.674. The summed E-state index contributed by atoms with van der Waals surface area (Å²) in [5.41, 5.74) is 0. The van der Waals surface area contributed by atoms with Crippen LogP contribution in [0.25, 0.3) is 0 Å². The van der Waals surface area contributed by atoms with Crippen molar-refractivity contribution in [1.82, 2.24) is 0 Å². The van der Waals surface area contributed by atoms with Crippen molar-refractivity contribution in [2.45, 2.75) is 37.8 Å². The number of carbonyl (C=O) groups excluding carboxylic acids is 2. The molecule has 16 heavy (non-hydrogen) atoms. The summed E-state index contributed by atoms with van der Waals surface area (Å²) in [4.78, 5) is 23.3. The van der Waals surface area contributed by atoms with Crippen LogP contribution in [0.3, 0.4) is 0 Å². The molecule has 2 bridgehead atoms. The normalized spacial score (nSPS) is 37.5. The van der Waals surface area contributed by atoms with Crippen LogP contribution in [-0.2, 0) is 9.53 Å². The van der Waals surface area contributed by atoms with E-state index in [1.165, 1.54) is 0 Å². The molecule has 0 radical (unpaired) electrons. The molecule has 2 unspecified atom stereocenters. The van der Waals surface area contributed by atoms with Crippen molar-refractivity contribution in [3.05, 3.63) is 0 Å². The average molecular weight is 230 g/mol. The van der Waals surface area contributed by atoms with Crippen LogP contribution in [-0.4, -0.2) is 48.8 Å². The first-order chi connectivity index (χ1) is 7.59. The van der Waals surface area contributed by atoms with E-state index in [9.17, 15) is 14.0 Å². The molecule has 0 aliphatic carbocycles. The van der Waals surface area contributed by atoms with Gasteiger partial charge in [0.15, 0.2) is 0 Å². The predicted octanol–water partition coefficient (Wildman–Crippen LogP) is 1.43. The zero-order valence-corrected chi connectivity index (χ0v) is 9.45. The molecule has 2 atom stereocenters. The van der Waals surface area contributed by atoms with Crippen molar-refractivity contribution in [1.29, 1.82) is 0 Å². The summed E-state index contributed by atoms with van der Waals surface area (Å²) >= 11 is 0. The maximum Gasteiger partial charge on any atom is 0.516 e. The van der Waals surface area contributed by atoms with Crippen LogP contribution in [0.4, 0.5) is 9.18 Å². The van der Waals surface area contributed by atoms with Crippen molar-refractivity contribution < 1.29 is 23.2 Å². The first-order valence-corrected chi connectivity index (χ1v) is 5.70. The number of hydrogen-bond donors (Lipinski definition) is 0. The monoisotopic (exact) mass is 230 g/mol. The Morgan fingerprint density at radius 3 is 2.50 bits per heavy atom. The van der Waals surface area contributed by atoms with Gasteiger partial charge < -0.3 is 4.74 Å². The minimum atomic E-state index is -0.653. The molecule has 0 aromatic rings. The Kier molecular flexibility index (Phi) is 2.97. The molecule has 0 N–H and O–H groups in total. The van der Waals surface area contributed by atoms with Crippen molar-refractivity contribution in [3.63, 3.8) is 0 Å². The summed E-state index contributed by atoms with van der Waals surface area (Å²) in [5.74, 6) is 0.237. The second-order valence-corrected chi connectivity index (χ2v) is 4.78. The number of quaternary nitrogens is 1. The summed E-state index contributed by atoms with van der Waals surface area (Å²) in [6, 6.07) is 0.0803. The second-order valence-electron chi connectivity index (χ2n) is 4.78. The van der Waals surface area contributed by atoms with Crippen molar-refractivity contribution in [2.75, 3.05) is 20.3 Å². The lowest BCUT2D eigenvalue weighted by Gasteiger charge is -2.39. The smallest absolute Gasteiger partial charge is 0.417 e. The van der Waals surface area contributed by atoms with Gasteiger partial charge in [0, 0.05) is 12.8 Å². The first kappa shape index (κ1) is 11.5. The van der Waals surface area contributed by atoms with Crippen LogP contribution in [0.2, 0.25) is 0 Å². The summed E-state index contributed by atoms with van der Waals surface area (Å²) in [5, 5.41) is 0. The minimum Gasteiger partial charge on any atom is -0.417 e. The molecule has 0 aromatic heterocycles. The largest absolute Gasteiger partial charge is 0.516 e. The van der Waals surface area contributed by atoms with Crippen molar-refractivity contribution in [3.8, 4) is 0 Å². The van der Waals surface area contributed by atoms with E-state index in [4.69, 9.17) is 4.74 Å². The van der Waals surface area contributed by atoms with E-state index in [0.717, 1.165) is 12.8 Å². The van der Waals surface area contributed by atoms with Gasteiger partial charge in [-0.25, -0.2) is 8.87 Å². The molecule has 2 rings (SSSR count). The van der Waals surface area contributed by atoms with Gasteiger partial charge in [-0.1, -0.05) is 0 Å². The predicted molar refractivity (Wildman–Crippen MR) is 54.6 cm³/mol. The third-order valence-corrected chi connectivity index (χ3v) is 3.97. The van der Waals surface area contributed by atoms with Crippen LogP contribution in [0.15, 0.2) is 0 Å². The zero-order chi connectivity index (χ0) is 11.8. The Morgan fingerprint density at radius 1 is 1.44 bits per heavy atom. The topological polar surface area (TPSA) is 43.4 Å². The van der Waals surface area contributed by atoms with Crippen LogP contribution in [0.1, 0.15) is 25.7 Å². The highest BCUT2D eigenvalue weighted by molar-refractivity contribution is 5.81. The van der Waals surface area contributed by atoms with Crippen LogP contribution in [0, 0.1) is 0 Å². The summed E-state index contributed by atoms with van der Waals surface area (Å²) < 4.78 is 17.0. The van der Waals surface area contributed by atoms with Crippen LogP contribution in [0.5, 0.6) is 0 Å². The number of amides is 1. The fraction of sp³-hybridized carbons (Fsp3) is 0.818. The fourth-order valence-corrected chi connectivity index (χ4v) is 2.97. The van der Waals surface area contributed by atoms with E-state index in [2.05, 4.69) is 0 Å². The highest BCUT2D eigenvalue weighted by Crippen LogP contribution is 2.40. The molecule has 2 fully saturated rings. The molecule has 5 heteroatoms. The maximum atomic E-state index is 12.0. The molecule has 2 saturated heterocycles. The summed E-state index contributed by atoms with van der Waals surface area (Å²) in [7, 11) is 1.81. The number of rotatable bonds is 2. The summed E-state index contributed by atoms with van der Waals surface area (Å²) in [6.07, 6.45) is 2.31. The minimum absolute atomic E-state index is 0.0401. The van der Waals surface area contributed by atoms with Crippen molar-refractivity contribution >= 4 is 11.9 Å². The fourth-order valence-electron chi connectivity index (χ4n) is 2.97. The zero-order valence-electron chi connectivity index (χ0n) is 9.45. The Labute approximate surface area is 93.9 Å². The van der Waals surface area contributed by atoms with E-state index in [1.807, 2.05) is 7.05 Å². The first-order valence-electron chi connectivity index (χ1n) is 5.70. The number of fused-ring (bicyclic) bond motifs is 2. The molecule has 0 aromatic carbocycles. The van der Waals surface area contributed by atoms with E-state index in [1.54, 1.807) is 0 Å². The highest BCUT2D eigenvalue weighted by atomic mass is 19.1. The lowest BCUT2D eigenvalue weighted by molar-refractivity contribution is -0.875. The Hall–Kier alpha value is -0.970. The van der Waals surface area contributed by atoms with Gasteiger partial charge in [-0.3, -0.25) is 4.79 Å². The van der Waals surface area contributed by atoms with Gasteiger partial charge in [-0.05, 0) is 0 Å². The van der Waals surface area contributed by atoms with Gasteiger partial charge in [-0.2, -0.15) is 4.79 Å². The highest BCUT2D eigenvalue weighted by Gasteiger charge is 2.57. The van der Waals surface area contributed by atoms with Gasteiger partial charge in [0.05, 0.1) is 19.9 Å². The third-order valence-electron chi connectivity index (χ3n) is 3.97. The molecule has 2 heterocycles. The SMILES string of the molecule is C[N+]1(C(=O)OCCF)C2CCC1CC(=O)C2. The lowest BCUT2D eigenvalue weighted by Crippen LogP contribution is -2.61. The molecule has 0 saturated carbocycles.